The summed E-state index contributed by atoms with van der Waals surface area (Å²) in [4.78, 5) is 12.6. The number of benzene rings is 2. The van der Waals surface area contributed by atoms with Gasteiger partial charge in [0.25, 0.3) is 0 Å². The van der Waals surface area contributed by atoms with Crippen LogP contribution in [0.2, 0.25) is 0 Å². The van der Waals surface area contributed by atoms with Crippen molar-refractivity contribution in [1.29, 1.82) is 0 Å². The summed E-state index contributed by atoms with van der Waals surface area (Å²) in [5.41, 5.74) is 3.48. The molecule has 0 bridgehead atoms. The number of rotatable bonds is 4. The molecule has 0 heterocycles. The topological polar surface area (TPSA) is 29.1 Å². The Kier molecular flexibility index (Phi) is 5.25. The second kappa shape index (κ2) is 7.77. The van der Waals surface area contributed by atoms with Gasteiger partial charge in [0.15, 0.2) is 0 Å². The fourth-order valence-electron chi connectivity index (χ4n) is 3.19. The number of amides is 1. The molecule has 1 N–H and O–H groups in total. The first-order chi connectivity index (χ1) is 11.3. The zero-order chi connectivity index (χ0) is 15.9. The number of hydrogen-bond donors (Lipinski definition) is 1. The van der Waals surface area contributed by atoms with E-state index < -0.39 is 0 Å². The summed E-state index contributed by atoms with van der Waals surface area (Å²) >= 11 is 0. The summed E-state index contributed by atoms with van der Waals surface area (Å²) in [6.45, 7) is 0. The van der Waals surface area contributed by atoms with Crippen LogP contribution in [0.3, 0.4) is 0 Å². The van der Waals surface area contributed by atoms with E-state index in [0.29, 0.717) is 0 Å². The molecule has 0 spiro atoms. The molecule has 1 aliphatic carbocycles. The van der Waals surface area contributed by atoms with Crippen molar-refractivity contribution in [3.63, 3.8) is 0 Å². The molecule has 2 aromatic carbocycles. The quantitative estimate of drug-likeness (QED) is 0.793. The van der Waals surface area contributed by atoms with Crippen molar-refractivity contribution in [2.75, 3.05) is 5.32 Å². The number of anilines is 1. The fourth-order valence-corrected chi connectivity index (χ4v) is 3.19. The standard InChI is InChI=1S/C21H23NO/c23-21(22-19-12-5-2-6-13-19)20-14-8-7-11-18(20)16-15-17-9-3-1-4-10-17/h1-6,9-10,12-13,16,20H,7-8,11,14-15H2,(H,22,23)/t20-/m1/s1. The van der Waals surface area contributed by atoms with E-state index >= 15 is 0 Å². The van der Waals surface area contributed by atoms with Gasteiger partial charge in [-0.1, -0.05) is 66.6 Å². The first-order valence-corrected chi connectivity index (χ1v) is 8.42. The third-order valence-electron chi connectivity index (χ3n) is 4.46. The third kappa shape index (κ3) is 4.32. The molecule has 0 saturated heterocycles. The molecule has 0 aromatic heterocycles. The highest BCUT2D eigenvalue weighted by atomic mass is 16.1. The molecule has 2 heteroatoms. The lowest BCUT2D eigenvalue weighted by molar-refractivity contribution is -0.119. The van der Waals surface area contributed by atoms with Crippen LogP contribution in [0, 0.1) is 5.92 Å². The number of carbonyl (C=O) groups is 1. The molecule has 1 aliphatic rings. The van der Waals surface area contributed by atoms with Gasteiger partial charge in [0.2, 0.25) is 5.91 Å². The summed E-state index contributed by atoms with van der Waals surface area (Å²) < 4.78 is 0. The molecule has 118 valence electrons. The van der Waals surface area contributed by atoms with Gasteiger partial charge >= 0.3 is 0 Å². The molecule has 1 fully saturated rings. The number of nitrogens with one attached hydrogen (secondary N) is 1. The van der Waals surface area contributed by atoms with Gasteiger partial charge in [-0.3, -0.25) is 4.79 Å². The number of hydrogen-bond acceptors (Lipinski definition) is 1. The van der Waals surface area contributed by atoms with Crippen LogP contribution in [0.1, 0.15) is 31.2 Å². The Balaban J connectivity index is 1.69. The Morgan fingerprint density at radius 2 is 1.70 bits per heavy atom. The van der Waals surface area contributed by atoms with Crippen molar-refractivity contribution >= 4 is 11.6 Å². The largest absolute Gasteiger partial charge is 0.326 e. The minimum Gasteiger partial charge on any atom is -0.326 e. The Hall–Kier alpha value is -2.35. The van der Waals surface area contributed by atoms with Crippen LogP contribution < -0.4 is 5.32 Å². The smallest absolute Gasteiger partial charge is 0.231 e. The van der Waals surface area contributed by atoms with E-state index in [1.807, 2.05) is 36.4 Å². The van der Waals surface area contributed by atoms with Crippen LogP contribution in [0.5, 0.6) is 0 Å². The first kappa shape index (κ1) is 15.5. The zero-order valence-electron chi connectivity index (χ0n) is 13.4. The van der Waals surface area contributed by atoms with Crippen LogP contribution >= 0.6 is 0 Å². The van der Waals surface area contributed by atoms with Gasteiger partial charge < -0.3 is 5.32 Å². The SMILES string of the molecule is O=C(Nc1ccccc1)[C@@H]1CCCCC1=CCc1ccccc1. The third-order valence-corrected chi connectivity index (χ3v) is 4.46. The number of para-hydroxylation sites is 1. The number of allylic oxidation sites excluding steroid dienone is 1. The second-order valence-corrected chi connectivity index (χ2v) is 6.12. The maximum atomic E-state index is 12.6. The Morgan fingerprint density at radius 1 is 1.00 bits per heavy atom. The normalized spacial score (nSPS) is 19.5. The van der Waals surface area contributed by atoms with Crippen molar-refractivity contribution < 1.29 is 4.79 Å². The lowest BCUT2D eigenvalue weighted by atomic mass is 9.82. The van der Waals surface area contributed by atoms with Gasteiger partial charge in [-0.25, -0.2) is 0 Å². The molecular formula is C21H23NO. The van der Waals surface area contributed by atoms with Gasteiger partial charge in [-0.15, -0.1) is 0 Å². The summed E-state index contributed by atoms with van der Waals surface area (Å²) in [7, 11) is 0. The van der Waals surface area contributed by atoms with E-state index in [4.69, 9.17) is 0 Å². The minimum atomic E-state index is 0.0210. The van der Waals surface area contributed by atoms with Crippen LogP contribution in [-0.2, 0) is 11.2 Å². The van der Waals surface area contributed by atoms with Gasteiger partial charge in [0.1, 0.15) is 0 Å². The Labute approximate surface area is 138 Å². The highest BCUT2D eigenvalue weighted by Gasteiger charge is 2.25. The summed E-state index contributed by atoms with van der Waals surface area (Å²) in [5, 5.41) is 3.06. The van der Waals surface area contributed by atoms with Crippen molar-refractivity contribution in [3.8, 4) is 0 Å². The molecule has 23 heavy (non-hydrogen) atoms. The fraction of sp³-hybridized carbons (Fsp3) is 0.286. The van der Waals surface area contributed by atoms with E-state index in [-0.39, 0.29) is 11.8 Å². The predicted octanol–water partition coefficient (Wildman–Crippen LogP) is 4.98. The predicted molar refractivity (Wildman–Crippen MR) is 95.3 cm³/mol. The molecule has 2 aromatic rings. The molecule has 0 aliphatic heterocycles. The summed E-state index contributed by atoms with van der Waals surface area (Å²) in [5.74, 6) is 0.155. The average Bonchev–Trinajstić information content (AvgIpc) is 2.62. The van der Waals surface area contributed by atoms with Crippen molar-refractivity contribution in [2.24, 2.45) is 5.92 Å². The zero-order valence-corrected chi connectivity index (χ0v) is 13.4. The van der Waals surface area contributed by atoms with E-state index in [1.54, 1.807) is 0 Å². The summed E-state index contributed by atoms with van der Waals surface area (Å²) in [6.07, 6.45) is 7.50. The first-order valence-electron chi connectivity index (χ1n) is 8.42. The van der Waals surface area contributed by atoms with Gasteiger partial charge in [0, 0.05) is 5.69 Å². The molecular weight excluding hydrogens is 282 g/mol. The lowest BCUT2D eigenvalue weighted by Gasteiger charge is -2.25. The van der Waals surface area contributed by atoms with Crippen molar-refractivity contribution in [3.05, 3.63) is 77.9 Å². The van der Waals surface area contributed by atoms with Gasteiger partial charge in [0.05, 0.1) is 5.92 Å². The highest BCUT2D eigenvalue weighted by molar-refractivity contribution is 5.94. The Morgan fingerprint density at radius 3 is 2.43 bits per heavy atom. The van der Waals surface area contributed by atoms with Gasteiger partial charge in [-0.2, -0.15) is 0 Å². The number of carbonyl (C=O) groups excluding carboxylic acids is 1. The van der Waals surface area contributed by atoms with Crippen molar-refractivity contribution in [1.82, 2.24) is 0 Å². The summed E-state index contributed by atoms with van der Waals surface area (Å²) in [6, 6.07) is 20.2. The molecule has 0 radical (unpaired) electrons. The van der Waals surface area contributed by atoms with Crippen LogP contribution in [0.4, 0.5) is 5.69 Å². The molecule has 1 saturated carbocycles. The van der Waals surface area contributed by atoms with Crippen molar-refractivity contribution in [2.45, 2.75) is 32.1 Å². The molecule has 1 amide bonds. The molecule has 0 unspecified atom stereocenters. The lowest BCUT2D eigenvalue weighted by Crippen LogP contribution is -2.26. The van der Waals surface area contributed by atoms with Crippen LogP contribution in [0.15, 0.2) is 72.3 Å². The second-order valence-electron chi connectivity index (χ2n) is 6.12. The maximum absolute atomic E-state index is 12.6. The molecule has 3 rings (SSSR count). The average molecular weight is 305 g/mol. The minimum absolute atomic E-state index is 0.0210. The van der Waals surface area contributed by atoms with E-state index in [0.717, 1.165) is 31.4 Å². The molecule has 2 nitrogen and oxygen atoms in total. The maximum Gasteiger partial charge on any atom is 0.231 e. The van der Waals surface area contributed by atoms with E-state index in [1.165, 1.54) is 17.6 Å². The van der Waals surface area contributed by atoms with E-state index in [2.05, 4.69) is 35.7 Å². The van der Waals surface area contributed by atoms with Crippen LogP contribution in [0.25, 0.3) is 0 Å². The van der Waals surface area contributed by atoms with Gasteiger partial charge in [-0.05, 0) is 43.4 Å². The molecule has 1 atom stereocenters. The Bertz CT molecular complexity index is 661. The highest BCUT2D eigenvalue weighted by Crippen LogP contribution is 2.30. The monoisotopic (exact) mass is 305 g/mol. The van der Waals surface area contributed by atoms with Crippen LogP contribution in [-0.4, -0.2) is 5.91 Å². The van der Waals surface area contributed by atoms with E-state index in [9.17, 15) is 4.79 Å².